The number of thiazole rings is 2. The van der Waals surface area contributed by atoms with Crippen molar-refractivity contribution >= 4 is 33.5 Å². The second-order valence-corrected chi connectivity index (χ2v) is 7.42. The van der Waals surface area contributed by atoms with Crippen molar-refractivity contribution in [2.75, 3.05) is 0 Å². The molecule has 0 saturated heterocycles. The van der Waals surface area contributed by atoms with Gasteiger partial charge in [0.15, 0.2) is 5.69 Å². The van der Waals surface area contributed by atoms with Crippen LogP contribution in [0.5, 0.6) is 0 Å². The lowest BCUT2D eigenvalue weighted by molar-refractivity contribution is -0.140. The Bertz CT molecular complexity index is 591. The Morgan fingerprint density at radius 2 is 2.11 bits per heavy atom. The topological polar surface area (TPSA) is 42.9 Å². The molecule has 0 aromatic carbocycles. The van der Waals surface area contributed by atoms with Crippen molar-refractivity contribution in [2.45, 2.75) is 24.6 Å². The molecule has 2 aromatic heterocycles. The summed E-state index contributed by atoms with van der Waals surface area (Å²) in [7, 11) is -1.27. The first kappa shape index (κ1) is 14.6. The first-order valence-corrected chi connectivity index (χ1v) is 8.31. The van der Waals surface area contributed by atoms with Crippen molar-refractivity contribution in [3.63, 3.8) is 0 Å². The third kappa shape index (κ3) is 4.08. The molecule has 19 heavy (non-hydrogen) atoms. The minimum atomic E-state index is -4.44. The number of hydrogen-bond acceptors (Lipinski definition) is 5. The van der Waals surface area contributed by atoms with E-state index in [1.54, 1.807) is 6.20 Å². The van der Waals surface area contributed by atoms with Crippen molar-refractivity contribution in [3.05, 3.63) is 32.2 Å². The van der Waals surface area contributed by atoms with E-state index in [2.05, 4.69) is 9.97 Å². The molecule has 0 saturated carbocycles. The van der Waals surface area contributed by atoms with E-state index in [0.717, 1.165) is 26.6 Å². The van der Waals surface area contributed by atoms with Crippen LogP contribution in [0.2, 0.25) is 0 Å². The quantitative estimate of drug-likeness (QED) is 0.865. The number of hydrogen-bond donors (Lipinski definition) is 0. The third-order valence-corrected chi connectivity index (χ3v) is 5.45. The minimum absolute atomic E-state index is 0.0394. The third-order valence-electron chi connectivity index (χ3n) is 2.10. The Kier molecular flexibility index (Phi) is 4.36. The van der Waals surface area contributed by atoms with Crippen LogP contribution in [0.3, 0.4) is 0 Å². The fourth-order valence-corrected chi connectivity index (χ4v) is 4.63. The molecule has 0 fully saturated rings. The molecule has 0 spiro atoms. The van der Waals surface area contributed by atoms with Gasteiger partial charge >= 0.3 is 6.18 Å². The lowest BCUT2D eigenvalue weighted by atomic mass is 10.5. The second-order valence-electron chi connectivity index (χ2n) is 3.70. The highest BCUT2D eigenvalue weighted by atomic mass is 32.2. The van der Waals surface area contributed by atoms with Gasteiger partial charge in [0.05, 0.1) is 16.5 Å². The molecule has 0 amide bonds. The maximum atomic E-state index is 12.3. The van der Waals surface area contributed by atoms with E-state index < -0.39 is 22.7 Å². The van der Waals surface area contributed by atoms with Crippen LogP contribution in [0.4, 0.5) is 13.2 Å². The maximum absolute atomic E-state index is 12.3. The van der Waals surface area contributed by atoms with E-state index in [4.69, 9.17) is 0 Å². The average Bonchev–Trinajstić information content (AvgIpc) is 2.87. The van der Waals surface area contributed by atoms with Crippen molar-refractivity contribution in [1.29, 1.82) is 0 Å². The average molecular weight is 326 g/mol. The Hall–Kier alpha value is -0.800. The zero-order valence-corrected chi connectivity index (χ0v) is 12.2. The molecule has 0 radical (unpaired) electrons. The van der Waals surface area contributed by atoms with Gasteiger partial charge in [-0.15, -0.1) is 22.7 Å². The highest BCUT2D eigenvalue weighted by Crippen LogP contribution is 2.30. The summed E-state index contributed by atoms with van der Waals surface area (Å²) >= 11 is 2.32. The van der Waals surface area contributed by atoms with Crippen LogP contribution in [-0.2, 0) is 28.5 Å². The summed E-state index contributed by atoms with van der Waals surface area (Å²) in [6.07, 6.45) is -2.80. The van der Waals surface area contributed by atoms with E-state index in [1.807, 2.05) is 6.92 Å². The SMILES string of the molecule is Cc1ncc(CS(=O)Cc2nc(C(F)(F)F)cs2)s1. The predicted molar refractivity (Wildman–Crippen MR) is 69.5 cm³/mol. The number of alkyl halides is 3. The van der Waals surface area contributed by atoms with Crippen molar-refractivity contribution in [2.24, 2.45) is 0 Å². The van der Waals surface area contributed by atoms with Crippen molar-refractivity contribution < 1.29 is 17.4 Å². The van der Waals surface area contributed by atoms with Crippen LogP contribution in [0.15, 0.2) is 11.6 Å². The van der Waals surface area contributed by atoms with E-state index in [0.29, 0.717) is 5.75 Å². The summed E-state index contributed by atoms with van der Waals surface area (Å²) in [6.45, 7) is 1.84. The molecular formula is C10H9F3N2OS3. The maximum Gasteiger partial charge on any atom is 0.434 e. The van der Waals surface area contributed by atoms with Gasteiger partial charge < -0.3 is 0 Å². The molecule has 0 bridgehead atoms. The van der Waals surface area contributed by atoms with Gasteiger partial charge in [0, 0.05) is 27.3 Å². The van der Waals surface area contributed by atoms with Gasteiger partial charge in [-0.2, -0.15) is 13.2 Å². The smallest absolute Gasteiger partial charge is 0.259 e. The largest absolute Gasteiger partial charge is 0.434 e. The van der Waals surface area contributed by atoms with Crippen LogP contribution < -0.4 is 0 Å². The zero-order valence-electron chi connectivity index (χ0n) is 9.73. The van der Waals surface area contributed by atoms with Gasteiger partial charge in [-0.1, -0.05) is 0 Å². The number of aryl methyl sites for hydroxylation is 1. The number of rotatable bonds is 4. The highest BCUT2D eigenvalue weighted by molar-refractivity contribution is 7.83. The molecule has 0 aliphatic heterocycles. The first-order valence-electron chi connectivity index (χ1n) is 5.12. The second kappa shape index (κ2) is 5.68. The molecule has 0 N–H and O–H groups in total. The van der Waals surface area contributed by atoms with Gasteiger partial charge in [-0.05, 0) is 6.92 Å². The van der Waals surface area contributed by atoms with Gasteiger partial charge in [-0.25, -0.2) is 9.97 Å². The molecule has 1 unspecified atom stereocenters. The van der Waals surface area contributed by atoms with E-state index >= 15 is 0 Å². The van der Waals surface area contributed by atoms with Crippen LogP contribution in [0.1, 0.15) is 20.6 Å². The van der Waals surface area contributed by atoms with Crippen LogP contribution in [0, 0.1) is 6.92 Å². The summed E-state index contributed by atoms with van der Waals surface area (Å²) in [4.78, 5) is 8.36. The number of halogens is 3. The Balaban J connectivity index is 1.97. The molecule has 2 rings (SSSR count). The molecule has 2 heterocycles. The van der Waals surface area contributed by atoms with Crippen molar-refractivity contribution in [3.8, 4) is 0 Å². The molecule has 0 aliphatic carbocycles. The zero-order chi connectivity index (χ0) is 14.0. The number of nitrogens with zero attached hydrogens (tertiary/aromatic N) is 2. The molecule has 0 aliphatic rings. The summed E-state index contributed by atoms with van der Waals surface area (Å²) < 4.78 is 48.9. The van der Waals surface area contributed by atoms with E-state index in [1.165, 1.54) is 11.3 Å². The van der Waals surface area contributed by atoms with Crippen molar-refractivity contribution in [1.82, 2.24) is 9.97 Å². The lowest BCUT2D eigenvalue weighted by Gasteiger charge is -2.00. The minimum Gasteiger partial charge on any atom is -0.259 e. The molecule has 3 nitrogen and oxygen atoms in total. The highest BCUT2D eigenvalue weighted by Gasteiger charge is 2.33. The molecule has 1 atom stereocenters. The van der Waals surface area contributed by atoms with E-state index in [-0.39, 0.29) is 10.8 Å². The van der Waals surface area contributed by atoms with Gasteiger partial charge in [0.25, 0.3) is 0 Å². The fraction of sp³-hybridized carbons (Fsp3) is 0.400. The van der Waals surface area contributed by atoms with Gasteiger partial charge in [0.2, 0.25) is 0 Å². The molecule has 9 heteroatoms. The van der Waals surface area contributed by atoms with Gasteiger partial charge in [0.1, 0.15) is 5.01 Å². The molecule has 2 aromatic rings. The Morgan fingerprint density at radius 1 is 1.37 bits per heavy atom. The lowest BCUT2D eigenvalue weighted by Crippen LogP contribution is -2.06. The van der Waals surface area contributed by atoms with Gasteiger partial charge in [-0.3, -0.25) is 4.21 Å². The Labute approximate surface area is 118 Å². The normalized spacial score (nSPS) is 13.7. The molecule has 104 valence electrons. The predicted octanol–water partition coefficient (Wildman–Crippen LogP) is 3.38. The monoisotopic (exact) mass is 326 g/mol. The molecular weight excluding hydrogens is 317 g/mol. The standard InChI is InChI=1S/C10H9F3N2OS3/c1-6-14-2-7(18-6)4-19(16)5-9-15-8(3-17-9)10(11,12)13/h2-3H,4-5H2,1H3. The number of aromatic nitrogens is 2. The summed E-state index contributed by atoms with van der Waals surface area (Å²) in [5.74, 6) is 0.337. The summed E-state index contributed by atoms with van der Waals surface area (Å²) in [5.41, 5.74) is -0.918. The van der Waals surface area contributed by atoms with Crippen LogP contribution >= 0.6 is 22.7 Å². The van der Waals surface area contributed by atoms with E-state index in [9.17, 15) is 17.4 Å². The Morgan fingerprint density at radius 3 is 2.63 bits per heavy atom. The summed E-state index contributed by atoms with van der Waals surface area (Å²) in [5, 5.41) is 2.07. The summed E-state index contributed by atoms with van der Waals surface area (Å²) in [6, 6.07) is 0. The fourth-order valence-electron chi connectivity index (χ4n) is 1.33. The van der Waals surface area contributed by atoms with Crippen LogP contribution in [-0.4, -0.2) is 14.2 Å². The first-order chi connectivity index (χ1) is 8.84. The van der Waals surface area contributed by atoms with Crippen LogP contribution in [0.25, 0.3) is 0 Å².